The first-order chi connectivity index (χ1) is 6.24. The lowest BCUT2D eigenvalue weighted by Crippen LogP contribution is -3.11. The molecule has 0 aromatic carbocycles. The van der Waals surface area contributed by atoms with Crippen LogP contribution in [0.25, 0.3) is 0 Å². The Kier molecular flexibility index (Phi) is 7.77. The maximum Gasteiger partial charge on any atom is 0.139 e. The highest BCUT2D eigenvalue weighted by molar-refractivity contribution is 5.04. The van der Waals surface area contributed by atoms with Crippen molar-refractivity contribution in [2.24, 2.45) is 0 Å². The van der Waals surface area contributed by atoms with Crippen molar-refractivity contribution in [3.63, 3.8) is 0 Å². The zero-order valence-electron chi connectivity index (χ0n) is 9.06. The molecule has 0 saturated heterocycles. The van der Waals surface area contributed by atoms with E-state index in [9.17, 15) is 5.11 Å². The van der Waals surface area contributed by atoms with E-state index in [0.29, 0.717) is 0 Å². The summed E-state index contributed by atoms with van der Waals surface area (Å²) in [6, 6.07) is 0. The molecule has 0 heterocycles. The van der Waals surface area contributed by atoms with Crippen LogP contribution in [0.3, 0.4) is 0 Å². The van der Waals surface area contributed by atoms with Crippen LogP contribution in [0.4, 0.5) is 0 Å². The third kappa shape index (κ3) is 6.62. The average Bonchev–Trinajstić information content (AvgIpc) is 2.13. The zero-order chi connectivity index (χ0) is 10.1. The van der Waals surface area contributed by atoms with Gasteiger partial charge in [0.25, 0.3) is 0 Å². The van der Waals surface area contributed by atoms with Crippen LogP contribution < -0.4 is 4.90 Å². The van der Waals surface area contributed by atoms with Gasteiger partial charge in [-0.15, -0.1) is 0 Å². The third-order valence-corrected chi connectivity index (χ3v) is 2.17. The normalized spacial score (nSPS) is 12.4. The van der Waals surface area contributed by atoms with Gasteiger partial charge in [0.2, 0.25) is 0 Å². The lowest BCUT2D eigenvalue weighted by molar-refractivity contribution is -0.889. The van der Waals surface area contributed by atoms with Crippen LogP contribution >= 0.6 is 0 Å². The monoisotopic (exact) mass is 184 g/mol. The van der Waals surface area contributed by atoms with Gasteiger partial charge in [0.15, 0.2) is 0 Å². The van der Waals surface area contributed by atoms with E-state index in [4.69, 9.17) is 0 Å². The summed E-state index contributed by atoms with van der Waals surface area (Å²) in [5.41, 5.74) is 0. The van der Waals surface area contributed by atoms with E-state index >= 15 is 0 Å². The second kappa shape index (κ2) is 8.10. The topological polar surface area (TPSA) is 24.7 Å². The van der Waals surface area contributed by atoms with E-state index in [1.54, 1.807) is 0 Å². The van der Waals surface area contributed by atoms with Gasteiger partial charge in [-0.2, -0.15) is 0 Å². The van der Waals surface area contributed by atoms with Crippen molar-refractivity contribution >= 4 is 0 Å². The molecule has 0 aromatic rings. The zero-order valence-corrected chi connectivity index (χ0v) is 9.06. The number of aliphatic hydroxyl groups excluding tert-OH is 1. The Morgan fingerprint density at radius 2 is 1.85 bits per heavy atom. The molecule has 0 rings (SSSR count). The predicted octanol–water partition coefficient (Wildman–Crippen LogP) is 0.0755. The van der Waals surface area contributed by atoms with Crippen molar-refractivity contribution in [2.45, 2.75) is 39.7 Å². The first kappa shape index (κ1) is 12.5. The van der Waals surface area contributed by atoms with Crippen molar-refractivity contribution in [3.8, 4) is 11.8 Å². The molecule has 0 aromatic heterocycles. The lowest BCUT2D eigenvalue weighted by atomic mass is 10.2. The molecule has 0 bridgehead atoms. The molecule has 13 heavy (non-hydrogen) atoms. The van der Waals surface area contributed by atoms with Gasteiger partial charge in [-0.25, -0.2) is 0 Å². The predicted molar refractivity (Wildman–Crippen MR) is 55.6 cm³/mol. The SMILES string of the molecule is CCCC(O)C#CC[NH+](CC)CC. The van der Waals surface area contributed by atoms with Crippen molar-refractivity contribution < 1.29 is 10.0 Å². The highest BCUT2D eigenvalue weighted by Gasteiger charge is 1.98. The molecule has 0 amide bonds. The Labute approximate surface area is 81.9 Å². The number of quaternary nitrogens is 1. The third-order valence-electron chi connectivity index (χ3n) is 2.17. The van der Waals surface area contributed by atoms with Crippen molar-refractivity contribution in [2.75, 3.05) is 19.6 Å². The van der Waals surface area contributed by atoms with E-state index in [2.05, 4.69) is 32.6 Å². The standard InChI is InChI=1S/C11H21NO/c1-4-8-11(13)9-7-10-12(5-2)6-3/h11,13H,4-6,8,10H2,1-3H3/p+1. The second-order valence-electron chi connectivity index (χ2n) is 3.26. The van der Waals surface area contributed by atoms with Crippen LogP contribution in [0, 0.1) is 11.8 Å². The Morgan fingerprint density at radius 3 is 2.31 bits per heavy atom. The molecule has 2 N–H and O–H groups in total. The highest BCUT2D eigenvalue weighted by Crippen LogP contribution is 1.92. The van der Waals surface area contributed by atoms with E-state index < -0.39 is 6.10 Å². The fraction of sp³-hybridized carbons (Fsp3) is 0.818. The van der Waals surface area contributed by atoms with Crippen LogP contribution in [0.5, 0.6) is 0 Å². The fourth-order valence-electron chi connectivity index (χ4n) is 1.14. The summed E-state index contributed by atoms with van der Waals surface area (Å²) in [4.78, 5) is 1.47. The summed E-state index contributed by atoms with van der Waals surface area (Å²) in [5, 5.41) is 9.32. The molecule has 1 atom stereocenters. The number of rotatable bonds is 5. The Hall–Kier alpha value is -0.520. The summed E-state index contributed by atoms with van der Waals surface area (Å²) in [5.74, 6) is 5.90. The van der Waals surface area contributed by atoms with Gasteiger partial charge >= 0.3 is 0 Å². The summed E-state index contributed by atoms with van der Waals surface area (Å²) >= 11 is 0. The minimum atomic E-state index is -0.417. The first-order valence-corrected chi connectivity index (χ1v) is 5.24. The number of nitrogens with one attached hydrogen (secondary N) is 1. The lowest BCUT2D eigenvalue weighted by Gasteiger charge is -2.10. The van der Waals surface area contributed by atoms with Gasteiger partial charge in [0.05, 0.1) is 13.1 Å². The molecular weight excluding hydrogens is 162 g/mol. The maximum absolute atomic E-state index is 9.32. The number of hydrogen-bond acceptors (Lipinski definition) is 1. The van der Waals surface area contributed by atoms with Gasteiger partial charge < -0.3 is 10.0 Å². The first-order valence-electron chi connectivity index (χ1n) is 5.24. The van der Waals surface area contributed by atoms with Gasteiger partial charge in [-0.05, 0) is 26.2 Å². The van der Waals surface area contributed by atoms with Gasteiger partial charge in [-0.1, -0.05) is 19.3 Å². The van der Waals surface area contributed by atoms with Crippen LogP contribution in [-0.2, 0) is 0 Å². The van der Waals surface area contributed by atoms with E-state index in [1.165, 1.54) is 4.90 Å². The number of hydrogen-bond donors (Lipinski definition) is 2. The molecule has 0 spiro atoms. The van der Waals surface area contributed by atoms with Gasteiger partial charge in [0, 0.05) is 0 Å². The summed E-state index contributed by atoms with van der Waals surface area (Å²) in [6.45, 7) is 9.43. The molecule has 0 saturated carbocycles. The summed E-state index contributed by atoms with van der Waals surface area (Å²) in [7, 11) is 0. The molecule has 0 radical (unpaired) electrons. The van der Waals surface area contributed by atoms with Gasteiger partial charge in [0.1, 0.15) is 12.6 Å². The van der Waals surface area contributed by atoms with E-state index in [1.807, 2.05) is 0 Å². The molecule has 2 nitrogen and oxygen atoms in total. The highest BCUT2D eigenvalue weighted by atomic mass is 16.3. The smallest absolute Gasteiger partial charge is 0.139 e. The quantitative estimate of drug-likeness (QED) is 0.581. The van der Waals surface area contributed by atoms with Crippen molar-refractivity contribution in [1.82, 2.24) is 0 Å². The Balaban J connectivity index is 3.69. The van der Waals surface area contributed by atoms with Crippen molar-refractivity contribution in [3.05, 3.63) is 0 Å². The minimum absolute atomic E-state index is 0.417. The molecule has 0 aliphatic rings. The van der Waals surface area contributed by atoms with Gasteiger partial charge in [-0.3, -0.25) is 0 Å². The molecule has 2 heteroatoms. The second-order valence-corrected chi connectivity index (χ2v) is 3.26. The van der Waals surface area contributed by atoms with Crippen molar-refractivity contribution in [1.29, 1.82) is 0 Å². The molecule has 0 fully saturated rings. The maximum atomic E-state index is 9.32. The molecule has 0 aliphatic heterocycles. The Bertz CT molecular complexity index is 165. The minimum Gasteiger partial charge on any atom is -0.380 e. The molecule has 1 unspecified atom stereocenters. The fourth-order valence-corrected chi connectivity index (χ4v) is 1.14. The van der Waals surface area contributed by atoms with Crippen LogP contribution in [0.2, 0.25) is 0 Å². The molecule has 0 aliphatic carbocycles. The van der Waals surface area contributed by atoms with Crippen LogP contribution in [-0.4, -0.2) is 30.8 Å². The molecule has 76 valence electrons. The average molecular weight is 184 g/mol. The van der Waals surface area contributed by atoms with E-state index in [-0.39, 0.29) is 0 Å². The summed E-state index contributed by atoms with van der Waals surface area (Å²) in [6.07, 6.45) is 1.37. The number of aliphatic hydroxyl groups is 1. The Morgan fingerprint density at radius 1 is 1.23 bits per heavy atom. The summed E-state index contributed by atoms with van der Waals surface area (Å²) < 4.78 is 0. The largest absolute Gasteiger partial charge is 0.380 e. The van der Waals surface area contributed by atoms with E-state index in [0.717, 1.165) is 32.5 Å². The molecular formula is C11H22NO+. The van der Waals surface area contributed by atoms with Crippen LogP contribution in [0.1, 0.15) is 33.6 Å². The van der Waals surface area contributed by atoms with Crippen LogP contribution in [0.15, 0.2) is 0 Å².